The van der Waals surface area contributed by atoms with Gasteiger partial charge in [0.15, 0.2) is 0 Å². The lowest BCUT2D eigenvalue weighted by Crippen LogP contribution is -2.47. The Balaban J connectivity index is 2.25. The van der Waals surface area contributed by atoms with Gasteiger partial charge in [-0.3, -0.25) is 4.79 Å². The summed E-state index contributed by atoms with van der Waals surface area (Å²) >= 11 is 5.80. The molecule has 1 amide bonds. The highest BCUT2D eigenvalue weighted by Gasteiger charge is 2.34. The van der Waals surface area contributed by atoms with E-state index < -0.39 is 5.82 Å². The molecule has 1 heterocycles. The maximum atomic E-state index is 13.3. The van der Waals surface area contributed by atoms with Crippen molar-refractivity contribution in [2.75, 3.05) is 11.4 Å². The van der Waals surface area contributed by atoms with E-state index in [-0.39, 0.29) is 28.9 Å². The van der Waals surface area contributed by atoms with Crippen molar-refractivity contribution in [3.63, 3.8) is 0 Å². The molecule has 1 aliphatic heterocycles. The van der Waals surface area contributed by atoms with Crippen LogP contribution in [0.2, 0.25) is 5.02 Å². The highest BCUT2D eigenvalue weighted by atomic mass is 35.5. The molecule has 1 aliphatic rings. The second-order valence-electron chi connectivity index (χ2n) is 5.42. The summed E-state index contributed by atoms with van der Waals surface area (Å²) in [6.07, 6.45) is 0.494. The van der Waals surface area contributed by atoms with Crippen LogP contribution in [0.25, 0.3) is 0 Å². The second kappa shape index (κ2) is 6.42. The number of anilines is 1. The Kier molecular flexibility index (Phi) is 4.81. The number of hydrogen-bond acceptors (Lipinski definition) is 3. The standard InChI is InChI=1S/C15H17ClFN3O/c1-9(2)20(11-3-4-13(17)12(16)6-11)15(21)14-5-10(7-18)8-19-14/h3-4,6,9-10,14,19H,5,8H2,1-2H3. The van der Waals surface area contributed by atoms with Crippen molar-refractivity contribution < 1.29 is 9.18 Å². The van der Waals surface area contributed by atoms with Crippen LogP contribution in [-0.2, 0) is 4.79 Å². The number of carbonyl (C=O) groups is 1. The molecule has 1 saturated heterocycles. The van der Waals surface area contributed by atoms with E-state index in [0.717, 1.165) is 0 Å². The Bertz CT molecular complexity index is 585. The summed E-state index contributed by atoms with van der Waals surface area (Å²) in [5.74, 6) is -0.782. The van der Waals surface area contributed by atoms with Crippen LogP contribution in [0.4, 0.5) is 10.1 Å². The maximum Gasteiger partial charge on any atom is 0.244 e. The minimum absolute atomic E-state index is 0.0137. The molecule has 0 bridgehead atoms. The minimum atomic E-state index is -0.514. The predicted molar refractivity (Wildman–Crippen MR) is 79.5 cm³/mol. The zero-order valence-corrected chi connectivity index (χ0v) is 12.7. The van der Waals surface area contributed by atoms with E-state index in [1.165, 1.54) is 18.2 Å². The topological polar surface area (TPSA) is 56.1 Å². The van der Waals surface area contributed by atoms with Gasteiger partial charge in [-0.25, -0.2) is 4.39 Å². The molecule has 0 radical (unpaired) electrons. The van der Waals surface area contributed by atoms with E-state index in [9.17, 15) is 9.18 Å². The van der Waals surface area contributed by atoms with E-state index >= 15 is 0 Å². The molecule has 21 heavy (non-hydrogen) atoms. The third kappa shape index (κ3) is 3.34. The number of nitriles is 1. The SMILES string of the molecule is CC(C)N(C(=O)C1CC(C#N)CN1)c1ccc(F)c(Cl)c1. The fourth-order valence-electron chi connectivity index (χ4n) is 2.50. The molecule has 1 N–H and O–H groups in total. The van der Waals surface area contributed by atoms with E-state index in [1.54, 1.807) is 4.90 Å². The second-order valence-corrected chi connectivity index (χ2v) is 5.83. The van der Waals surface area contributed by atoms with Gasteiger partial charge < -0.3 is 10.2 Å². The number of rotatable bonds is 3. The number of amides is 1. The lowest BCUT2D eigenvalue weighted by atomic mass is 10.1. The van der Waals surface area contributed by atoms with Gasteiger partial charge in [0.2, 0.25) is 5.91 Å². The molecular weight excluding hydrogens is 293 g/mol. The Morgan fingerprint density at radius 2 is 2.29 bits per heavy atom. The molecule has 0 aromatic heterocycles. The predicted octanol–water partition coefficient (Wildman–Crippen LogP) is 2.72. The first-order valence-electron chi connectivity index (χ1n) is 6.85. The van der Waals surface area contributed by atoms with Gasteiger partial charge in [-0.05, 0) is 38.5 Å². The molecule has 2 rings (SSSR count). The van der Waals surface area contributed by atoms with Gasteiger partial charge in [0.1, 0.15) is 5.82 Å². The van der Waals surface area contributed by atoms with Crippen LogP contribution in [0.5, 0.6) is 0 Å². The number of carbonyl (C=O) groups excluding carboxylic acids is 1. The number of nitrogens with zero attached hydrogens (tertiary/aromatic N) is 2. The van der Waals surface area contributed by atoms with Crippen LogP contribution in [0.1, 0.15) is 20.3 Å². The van der Waals surface area contributed by atoms with Crippen molar-refractivity contribution in [2.45, 2.75) is 32.4 Å². The average molecular weight is 310 g/mol. The maximum absolute atomic E-state index is 13.3. The fraction of sp³-hybridized carbons (Fsp3) is 0.467. The molecule has 0 aliphatic carbocycles. The Hall–Kier alpha value is -1.64. The fourth-order valence-corrected chi connectivity index (χ4v) is 2.68. The summed E-state index contributed by atoms with van der Waals surface area (Å²) in [5.41, 5.74) is 0.559. The van der Waals surface area contributed by atoms with Gasteiger partial charge in [-0.15, -0.1) is 0 Å². The van der Waals surface area contributed by atoms with Crippen molar-refractivity contribution in [2.24, 2.45) is 5.92 Å². The molecule has 112 valence electrons. The summed E-state index contributed by atoms with van der Waals surface area (Å²) < 4.78 is 13.3. The quantitative estimate of drug-likeness (QED) is 0.934. The van der Waals surface area contributed by atoms with Crippen molar-refractivity contribution in [1.82, 2.24) is 5.32 Å². The van der Waals surface area contributed by atoms with Gasteiger partial charge in [0.25, 0.3) is 0 Å². The summed E-state index contributed by atoms with van der Waals surface area (Å²) in [6.45, 7) is 4.28. The third-order valence-corrected chi connectivity index (χ3v) is 3.84. The molecule has 6 heteroatoms. The monoisotopic (exact) mass is 309 g/mol. The molecule has 0 spiro atoms. The highest BCUT2D eigenvalue weighted by Crippen LogP contribution is 2.26. The number of benzene rings is 1. The molecule has 4 nitrogen and oxygen atoms in total. The summed E-state index contributed by atoms with van der Waals surface area (Å²) in [7, 11) is 0. The summed E-state index contributed by atoms with van der Waals surface area (Å²) in [4.78, 5) is 14.2. The van der Waals surface area contributed by atoms with Crippen molar-refractivity contribution in [3.05, 3.63) is 29.0 Å². The van der Waals surface area contributed by atoms with Crippen molar-refractivity contribution in [1.29, 1.82) is 5.26 Å². The van der Waals surface area contributed by atoms with E-state index in [4.69, 9.17) is 16.9 Å². The van der Waals surface area contributed by atoms with Gasteiger partial charge in [-0.2, -0.15) is 5.26 Å². The smallest absolute Gasteiger partial charge is 0.244 e. The molecule has 2 unspecified atom stereocenters. The highest BCUT2D eigenvalue weighted by molar-refractivity contribution is 6.31. The van der Waals surface area contributed by atoms with E-state index in [2.05, 4.69) is 11.4 Å². The minimum Gasteiger partial charge on any atom is -0.309 e. The normalized spacial score (nSPS) is 21.3. The molecule has 2 atom stereocenters. The van der Waals surface area contributed by atoms with Gasteiger partial charge in [-0.1, -0.05) is 11.6 Å². The lowest BCUT2D eigenvalue weighted by molar-refractivity contribution is -0.120. The van der Waals surface area contributed by atoms with Gasteiger partial charge >= 0.3 is 0 Å². The summed E-state index contributed by atoms with van der Waals surface area (Å²) in [6, 6.07) is 5.92. The first kappa shape index (κ1) is 15.7. The first-order valence-corrected chi connectivity index (χ1v) is 7.23. The average Bonchev–Trinajstić information content (AvgIpc) is 2.91. The Morgan fingerprint density at radius 3 is 2.81 bits per heavy atom. The largest absolute Gasteiger partial charge is 0.309 e. The first-order chi connectivity index (χ1) is 9.93. The van der Waals surface area contributed by atoms with Crippen LogP contribution < -0.4 is 10.2 Å². The zero-order chi connectivity index (χ0) is 15.6. The van der Waals surface area contributed by atoms with Crippen molar-refractivity contribution in [3.8, 4) is 6.07 Å². The van der Waals surface area contributed by atoms with Crippen LogP contribution in [0.15, 0.2) is 18.2 Å². The Labute approximate surface area is 128 Å². The van der Waals surface area contributed by atoms with E-state index in [1.807, 2.05) is 13.8 Å². The molecule has 0 saturated carbocycles. The molecule has 1 fully saturated rings. The van der Waals surface area contributed by atoms with Crippen LogP contribution in [0, 0.1) is 23.1 Å². The van der Waals surface area contributed by atoms with Crippen molar-refractivity contribution >= 4 is 23.2 Å². The third-order valence-electron chi connectivity index (χ3n) is 3.55. The lowest BCUT2D eigenvalue weighted by Gasteiger charge is -2.29. The molecule has 1 aromatic carbocycles. The van der Waals surface area contributed by atoms with Crippen LogP contribution >= 0.6 is 11.6 Å². The molecular formula is C15H17ClFN3O. The number of nitrogens with one attached hydrogen (secondary N) is 1. The number of halogens is 2. The van der Waals surface area contributed by atoms with E-state index in [0.29, 0.717) is 18.7 Å². The van der Waals surface area contributed by atoms with Gasteiger partial charge in [0.05, 0.1) is 23.1 Å². The van der Waals surface area contributed by atoms with Crippen LogP contribution in [-0.4, -0.2) is 24.5 Å². The zero-order valence-electron chi connectivity index (χ0n) is 11.9. The number of hydrogen-bond donors (Lipinski definition) is 1. The van der Waals surface area contributed by atoms with Crippen LogP contribution in [0.3, 0.4) is 0 Å². The van der Waals surface area contributed by atoms with Gasteiger partial charge in [0, 0.05) is 18.3 Å². The Morgan fingerprint density at radius 1 is 1.57 bits per heavy atom. The molecule has 1 aromatic rings. The summed E-state index contributed by atoms with van der Waals surface area (Å²) in [5, 5.41) is 12.0.